The first-order chi connectivity index (χ1) is 23.6. The van der Waals surface area contributed by atoms with Crippen molar-refractivity contribution in [1.29, 1.82) is 0 Å². The van der Waals surface area contributed by atoms with Gasteiger partial charge in [0.2, 0.25) is 0 Å². The summed E-state index contributed by atoms with van der Waals surface area (Å²) >= 11 is 11.2. The predicted molar refractivity (Wildman–Crippen MR) is 182 cm³/mol. The van der Waals surface area contributed by atoms with Gasteiger partial charge in [-0.2, -0.15) is 0 Å². The minimum Gasteiger partial charge on any atom is -0.549 e. The smallest absolute Gasteiger partial charge is 0.549 e. The Morgan fingerprint density at radius 1 is 0.980 bits per heavy atom. The van der Waals surface area contributed by atoms with Crippen molar-refractivity contribution in [2.24, 2.45) is 0 Å². The number of aliphatic carboxylic acids is 3. The summed E-state index contributed by atoms with van der Waals surface area (Å²) in [5, 5.41) is 45.9. The van der Waals surface area contributed by atoms with Crippen LogP contribution < -0.4 is 30.5 Å². The van der Waals surface area contributed by atoms with Crippen LogP contribution in [0.25, 0.3) is 0 Å². The van der Waals surface area contributed by atoms with Crippen molar-refractivity contribution in [3.63, 3.8) is 0 Å². The maximum absolute atomic E-state index is 12.2. The van der Waals surface area contributed by atoms with Gasteiger partial charge in [-0.1, -0.05) is 26.0 Å². The monoisotopic (exact) mass is 829 g/mol. The SMILES string of the molecule is CC(C)NCC(O)COc1ccc(COCCOC(C)C)cc1.O=C([O-])CN(CC(=O)[O-])CC(=O)[O-].O=P1(N(CCCl)CCCl)NCCCO1.[Fe+3]. The Morgan fingerprint density at radius 3 is 1.96 bits per heavy atom. The van der Waals surface area contributed by atoms with Crippen molar-refractivity contribution in [1.82, 2.24) is 20.0 Å². The van der Waals surface area contributed by atoms with Crippen LogP contribution in [0.2, 0.25) is 0 Å². The van der Waals surface area contributed by atoms with Crippen LogP contribution in [0, 0.1) is 0 Å². The van der Waals surface area contributed by atoms with E-state index in [1.165, 1.54) is 0 Å². The third-order valence-corrected chi connectivity index (χ3v) is 8.73. The molecule has 0 bridgehead atoms. The molecule has 20 heteroatoms. The topological polar surface area (TPSA) is 225 Å². The van der Waals surface area contributed by atoms with E-state index in [-0.39, 0.29) is 29.8 Å². The molecule has 16 nitrogen and oxygen atoms in total. The number of halogens is 2. The minimum atomic E-state index is -2.84. The molecule has 1 fully saturated rings. The van der Waals surface area contributed by atoms with Crippen LogP contribution in [0.1, 0.15) is 39.7 Å². The Hall–Kier alpha value is -1.56. The van der Waals surface area contributed by atoms with Crippen LogP contribution in [0.5, 0.6) is 5.75 Å². The summed E-state index contributed by atoms with van der Waals surface area (Å²) < 4.78 is 35.7. The molecule has 0 amide bonds. The van der Waals surface area contributed by atoms with Crippen LogP contribution >= 0.6 is 30.9 Å². The summed E-state index contributed by atoms with van der Waals surface area (Å²) in [6.45, 7) is 10.6. The molecule has 1 aliphatic heterocycles. The molecule has 2 atom stereocenters. The normalized spacial score (nSPS) is 16.1. The summed E-state index contributed by atoms with van der Waals surface area (Å²) in [7, 11) is -2.84. The molecule has 1 aromatic carbocycles. The second-order valence-electron chi connectivity index (χ2n) is 11.4. The molecule has 1 aliphatic rings. The summed E-state index contributed by atoms with van der Waals surface area (Å²) in [6.07, 6.45) is 0.613. The number of alkyl halides is 2. The summed E-state index contributed by atoms with van der Waals surface area (Å²) in [6, 6.07) is 8.09. The van der Waals surface area contributed by atoms with E-state index in [1.807, 2.05) is 52.0 Å². The van der Waals surface area contributed by atoms with Crippen molar-refractivity contribution in [2.75, 3.05) is 84.0 Å². The van der Waals surface area contributed by atoms with Crippen LogP contribution in [0.3, 0.4) is 0 Å². The number of aliphatic hydroxyl groups excluding tert-OH is 1. The molecule has 2 unspecified atom stereocenters. The third-order valence-electron chi connectivity index (χ3n) is 6.09. The second kappa shape index (κ2) is 30.9. The molecule has 0 spiro atoms. The standard InChI is InChI=1S/C18H31NO4.C7H15Cl2N2O2P.C6H9NO6.Fe/c1-14(2)19-11-17(20)13-23-18-7-5-16(6-8-18)12-21-9-10-22-15(3)4;8-2-5-11(6-3-9)14(12)10-4-1-7-13-14;8-4(9)1-7(2-5(10)11)3-6(12)13;/h5-8,14-15,17,19-20H,9-13H2,1-4H3;1-7H2,(H,10,12);1-3H2,(H,8,9)(H,10,11)(H,12,13);/q;;;+3/p-3. The fraction of sp³-hybridized carbons (Fsp3) is 0.710. The van der Waals surface area contributed by atoms with Gasteiger partial charge in [-0.05, 0) is 38.0 Å². The molecule has 3 N–H and O–H groups in total. The first-order valence-corrected chi connectivity index (χ1v) is 18.8. The maximum atomic E-state index is 12.2. The molecule has 1 saturated heterocycles. The van der Waals surface area contributed by atoms with Gasteiger partial charge in [0.1, 0.15) is 18.5 Å². The minimum absolute atomic E-state index is 0. The van der Waals surface area contributed by atoms with E-state index in [2.05, 4.69) is 10.4 Å². The number of nitrogens with one attached hydrogen (secondary N) is 2. The van der Waals surface area contributed by atoms with E-state index >= 15 is 0 Å². The Bertz CT molecular complexity index is 1070. The molecule has 295 valence electrons. The van der Waals surface area contributed by atoms with Gasteiger partial charge in [0.25, 0.3) is 0 Å². The third kappa shape index (κ3) is 28.6. The molecule has 2 rings (SSSR count). The number of carboxylic acid groups (broad SMARTS) is 3. The number of rotatable bonds is 23. The summed E-state index contributed by atoms with van der Waals surface area (Å²) in [5.74, 6) is -3.11. The van der Waals surface area contributed by atoms with Crippen molar-refractivity contribution < 1.29 is 75.2 Å². The Balaban J connectivity index is 0. The molecule has 0 saturated carbocycles. The summed E-state index contributed by atoms with van der Waals surface area (Å²) in [5.41, 5.74) is 1.09. The average Bonchev–Trinajstić information content (AvgIpc) is 3.03. The van der Waals surface area contributed by atoms with E-state index in [4.69, 9.17) is 41.9 Å². The van der Waals surface area contributed by atoms with E-state index in [1.54, 1.807) is 4.67 Å². The molecule has 0 aliphatic carbocycles. The molecule has 1 heterocycles. The molecular weight excluding hydrogens is 778 g/mol. The average molecular weight is 830 g/mol. The van der Waals surface area contributed by atoms with Crippen LogP contribution in [-0.2, 0) is 56.6 Å². The van der Waals surface area contributed by atoms with E-state index in [0.29, 0.717) is 68.8 Å². The van der Waals surface area contributed by atoms with Gasteiger partial charge in [0.15, 0.2) is 0 Å². The molecular formula is C31H52Cl2FeN4O12P. The first-order valence-electron chi connectivity index (χ1n) is 16.1. The predicted octanol–water partition coefficient (Wildman–Crippen LogP) is -1.21. The summed E-state index contributed by atoms with van der Waals surface area (Å²) in [4.78, 5) is 30.6. The van der Waals surface area contributed by atoms with Crippen LogP contribution in [0.4, 0.5) is 0 Å². The maximum Gasteiger partial charge on any atom is 3.00 e. The number of ether oxygens (including phenoxy) is 3. The van der Waals surface area contributed by atoms with E-state index in [9.17, 15) is 39.4 Å². The number of nitrogens with zero attached hydrogens (tertiary/aromatic N) is 2. The van der Waals surface area contributed by atoms with Gasteiger partial charge in [-0.25, -0.2) is 9.76 Å². The Labute approximate surface area is 321 Å². The van der Waals surface area contributed by atoms with E-state index < -0.39 is 51.3 Å². The molecule has 1 aromatic rings. The van der Waals surface area contributed by atoms with Crippen molar-refractivity contribution in [2.45, 2.75) is 59.0 Å². The number of aliphatic hydroxyl groups is 1. The van der Waals surface area contributed by atoms with Gasteiger partial charge >= 0.3 is 24.7 Å². The van der Waals surface area contributed by atoms with Gasteiger partial charge < -0.3 is 58.9 Å². The fourth-order valence-corrected chi connectivity index (χ4v) is 6.47. The number of carbonyl (C=O) groups is 3. The van der Waals surface area contributed by atoms with Gasteiger partial charge in [0.05, 0.1) is 50.4 Å². The van der Waals surface area contributed by atoms with Gasteiger partial charge in [0, 0.05) is 63.6 Å². The van der Waals surface area contributed by atoms with Gasteiger partial charge in [-0.15, -0.1) is 23.2 Å². The number of carbonyl (C=O) groups excluding carboxylic acids is 3. The van der Waals surface area contributed by atoms with Crippen molar-refractivity contribution in [3.05, 3.63) is 29.8 Å². The van der Waals surface area contributed by atoms with Crippen molar-refractivity contribution in [3.8, 4) is 5.75 Å². The van der Waals surface area contributed by atoms with Crippen molar-refractivity contribution >= 4 is 48.8 Å². The van der Waals surface area contributed by atoms with Gasteiger partial charge in [-0.3, -0.25) is 9.46 Å². The number of benzene rings is 1. The van der Waals surface area contributed by atoms with Crippen LogP contribution in [0.15, 0.2) is 24.3 Å². The van der Waals surface area contributed by atoms with Crippen LogP contribution in [-0.4, -0.2) is 135 Å². The van der Waals surface area contributed by atoms with E-state index in [0.717, 1.165) is 24.3 Å². The Morgan fingerprint density at radius 2 is 1.53 bits per heavy atom. The Kier molecular flexibility index (Phi) is 31.2. The zero-order chi connectivity index (χ0) is 38.0. The molecule has 0 aromatic heterocycles. The zero-order valence-corrected chi connectivity index (χ0v) is 33.0. The molecule has 51 heavy (non-hydrogen) atoms. The zero-order valence-electron chi connectivity index (χ0n) is 29.5. The second-order valence-corrected chi connectivity index (χ2v) is 14.3. The fourth-order valence-electron chi connectivity index (χ4n) is 3.83. The number of hydrogen-bond acceptors (Lipinski definition) is 14. The number of carboxylic acids is 3. The molecule has 1 radical (unpaired) electrons. The largest absolute Gasteiger partial charge is 3.00 e. The quantitative estimate of drug-likeness (QED) is 0.0509. The first kappa shape index (κ1) is 51.5. The number of hydrogen-bond donors (Lipinski definition) is 3.